The first-order chi connectivity index (χ1) is 13.0. The third-order valence-electron chi connectivity index (χ3n) is 4.21. The highest BCUT2D eigenvalue weighted by Crippen LogP contribution is 2.24. The first-order valence-corrected chi connectivity index (χ1v) is 10.5. The van der Waals surface area contributed by atoms with Crippen LogP contribution in [-0.2, 0) is 20.2 Å². The SMILES string of the molecule is CN(C)S(=O)(=O)c1cccc(NC(=O)CCOc2ccc(C(C)(C)C)cc2)c1. The molecule has 0 bridgehead atoms. The van der Waals surface area contributed by atoms with Gasteiger partial charge in [-0.05, 0) is 41.3 Å². The molecule has 152 valence electrons. The number of benzene rings is 2. The second kappa shape index (κ2) is 8.75. The molecule has 0 saturated heterocycles. The van der Waals surface area contributed by atoms with Crippen molar-refractivity contribution >= 4 is 21.6 Å². The molecule has 6 nitrogen and oxygen atoms in total. The van der Waals surface area contributed by atoms with Crippen molar-refractivity contribution in [1.82, 2.24) is 4.31 Å². The third-order valence-corrected chi connectivity index (χ3v) is 6.03. The number of carbonyl (C=O) groups is 1. The molecule has 0 aliphatic carbocycles. The van der Waals surface area contributed by atoms with Gasteiger partial charge in [0.25, 0.3) is 0 Å². The number of hydrogen-bond donors (Lipinski definition) is 1. The number of hydrogen-bond acceptors (Lipinski definition) is 4. The zero-order valence-electron chi connectivity index (χ0n) is 17.0. The lowest BCUT2D eigenvalue weighted by molar-refractivity contribution is -0.116. The summed E-state index contributed by atoms with van der Waals surface area (Å²) in [5, 5.41) is 2.71. The van der Waals surface area contributed by atoms with Crippen molar-refractivity contribution in [3.05, 3.63) is 54.1 Å². The van der Waals surface area contributed by atoms with E-state index in [1.165, 1.54) is 31.8 Å². The van der Waals surface area contributed by atoms with E-state index in [0.717, 1.165) is 4.31 Å². The van der Waals surface area contributed by atoms with Gasteiger partial charge >= 0.3 is 0 Å². The summed E-state index contributed by atoms with van der Waals surface area (Å²) in [6, 6.07) is 14.0. The minimum Gasteiger partial charge on any atom is -0.493 e. The van der Waals surface area contributed by atoms with E-state index >= 15 is 0 Å². The standard InChI is InChI=1S/C21H28N2O4S/c1-21(2,3)16-9-11-18(12-10-16)27-14-13-20(24)22-17-7-6-8-19(15-17)28(25,26)23(4)5/h6-12,15H,13-14H2,1-5H3,(H,22,24). The molecule has 0 fully saturated rings. The minimum atomic E-state index is -3.54. The van der Waals surface area contributed by atoms with Gasteiger partial charge < -0.3 is 10.1 Å². The number of nitrogens with one attached hydrogen (secondary N) is 1. The highest BCUT2D eigenvalue weighted by molar-refractivity contribution is 7.89. The Balaban J connectivity index is 1.90. The molecular weight excluding hydrogens is 376 g/mol. The molecule has 2 aromatic rings. The van der Waals surface area contributed by atoms with Crippen LogP contribution >= 0.6 is 0 Å². The van der Waals surface area contributed by atoms with Gasteiger partial charge in [-0.15, -0.1) is 0 Å². The summed E-state index contributed by atoms with van der Waals surface area (Å²) in [6.07, 6.45) is 0.158. The van der Waals surface area contributed by atoms with Crippen LogP contribution in [0.2, 0.25) is 0 Å². The van der Waals surface area contributed by atoms with Gasteiger partial charge in [-0.2, -0.15) is 0 Å². The maximum atomic E-state index is 12.2. The van der Waals surface area contributed by atoms with E-state index in [-0.39, 0.29) is 29.2 Å². The number of sulfonamides is 1. The summed E-state index contributed by atoms with van der Waals surface area (Å²) in [7, 11) is -0.617. The van der Waals surface area contributed by atoms with E-state index in [1.54, 1.807) is 12.1 Å². The fourth-order valence-corrected chi connectivity index (χ4v) is 3.43. The molecule has 7 heteroatoms. The van der Waals surface area contributed by atoms with Crippen molar-refractivity contribution in [3.8, 4) is 5.75 Å². The molecule has 0 spiro atoms. The highest BCUT2D eigenvalue weighted by atomic mass is 32.2. The molecule has 2 rings (SSSR count). The van der Waals surface area contributed by atoms with Gasteiger partial charge in [0.1, 0.15) is 5.75 Å². The first-order valence-electron chi connectivity index (χ1n) is 9.06. The molecule has 0 aliphatic heterocycles. The summed E-state index contributed by atoms with van der Waals surface area (Å²) in [5.74, 6) is 0.464. The lowest BCUT2D eigenvalue weighted by Gasteiger charge is -2.19. The van der Waals surface area contributed by atoms with Crippen LogP contribution in [0.5, 0.6) is 5.75 Å². The van der Waals surface area contributed by atoms with Crippen LogP contribution in [0.15, 0.2) is 53.4 Å². The van der Waals surface area contributed by atoms with Gasteiger partial charge in [0.2, 0.25) is 15.9 Å². The van der Waals surface area contributed by atoms with Crippen LogP contribution in [0.25, 0.3) is 0 Å². The molecule has 0 heterocycles. The van der Waals surface area contributed by atoms with Crippen molar-refractivity contribution in [1.29, 1.82) is 0 Å². The molecule has 0 atom stereocenters. The Morgan fingerprint density at radius 1 is 1.07 bits per heavy atom. The van der Waals surface area contributed by atoms with Crippen molar-refractivity contribution in [2.75, 3.05) is 26.0 Å². The fourth-order valence-electron chi connectivity index (χ4n) is 2.48. The Morgan fingerprint density at radius 2 is 1.71 bits per heavy atom. The maximum absolute atomic E-state index is 12.2. The Hall–Kier alpha value is -2.38. The molecule has 2 aromatic carbocycles. The quantitative estimate of drug-likeness (QED) is 0.764. The van der Waals surface area contributed by atoms with E-state index < -0.39 is 10.0 Å². The van der Waals surface area contributed by atoms with Crippen molar-refractivity contribution in [3.63, 3.8) is 0 Å². The van der Waals surface area contributed by atoms with E-state index in [4.69, 9.17) is 4.74 Å². The Bertz CT molecular complexity index is 914. The summed E-state index contributed by atoms with van der Waals surface area (Å²) in [4.78, 5) is 12.3. The van der Waals surface area contributed by atoms with Gasteiger partial charge in [0.15, 0.2) is 0 Å². The smallest absolute Gasteiger partial charge is 0.242 e. The van der Waals surface area contributed by atoms with Crippen LogP contribution in [-0.4, -0.2) is 39.3 Å². The fraction of sp³-hybridized carbons (Fsp3) is 0.381. The second-order valence-electron chi connectivity index (χ2n) is 7.74. The van der Waals surface area contributed by atoms with Gasteiger partial charge in [-0.1, -0.05) is 39.0 Å². The molecule has 28 heavy (non-hydrogen) atoms. The van der Waals surface area contributed by atoms with Crippen LogP contribution in [0.3, 0.4) is 0 Å². The van der Waals surface area contributed by atoms with Crippen LogP contribution in [0.4, 0.5) is 5.69 Å². The van der Waals surface area contributed by atoms with Gasteiger partial charge in [-0.3, -0.25) is 4.79 Å². The molecule has 1 amide bonds. The lowest BCUT2D eigenvalue weighted by atomic mass is 9.87. The zero-order valence-corrected chi connectivity index (χ0v) is 17.8. The Morgan fingerprint density at radius 3 is 2.29 bits per heavy atom. The summed E-state index contributed by atoms with van der Waals surface area (Å²) in [5.41, 5.74) is 1.72. The average Bonchev–Trinajstić information content (AvgIpc) is 2.61. The van der Waals surface area contributed by atoms with Gasteiger partial charge in [0.05, 0.1) is 17.9 Å². The number of rotatable bonds is 7. The molecule has 0 aliphatic rings. The largest absolute Gasteiger partial charge is 0.493 e. The highest BCUT2D eigenvalue weighted by Gasteiger charge is 2.17. The topological polar surface area (TPSA) is 75.7 Å². The number of carbonyl (C=O) groups excluding carboxylic acids is 1. The van der Waals surface area contributed by atoms with Crippen molar-refractivity contribution < 1.29 is 17.9 Å². The predicted octanol–water partition coefficient (Wildman–Crippen LogP) is 3.64. The number of anilines is 1. The van der Waals surface area contributed by atoms with E-state index in [2.05, 4.69) is 26.1 Å². The monoisotopic (exact) mass is 404 g/mol. The number of ether oxygens (including phenoxy) is 1. The molecule has 0 radical (unpaired) electrons. The number of nitrogens with zero attached hydrogens (tertiary/aromatic N) is 1. The summed E-state index contributed by atoms with van der Waals surface area (Å²) < 4.78 is 31.1. The molecular formula is C21H28N2O4S. The number of amides is 1. The third kappa shape index (κ3) is 5.81. The normalized spacial score (nSPS) is 12.1. The molecule has 0 saturated carbocycles. The summed E-state index contributed by atoms with van der Waals surface area (Å²) >= 11 is 0. The van der Waals surface area contributed by atoms with E-state index in [0.29, 0.717) is 11.4 Å². The van der Waals surface area contributed by atoms with E-state index in [1.807, 2.05) is 24.3 Å². The second-order valence-corrected chi connectivity index (χ2v) is 9.89. The van der Waals surface area contributed by atoms with Crippen molar-refractivity contribution in [2.24, 2.45) is 0 Å². The minimum absolute atomic E-state index is 0.0764. The van der Waals surface area contributed by atoms with Crippen LogP contribution in [0.1, 0.15) is 32.8 Å². The lowest BCUT2D eigenvalue weighted by Crippen LogP contribution is -2.22. The first kappa shape index (κ1) is 21.9. The molecule has 1 N–H and O–H groups in total. The Labute approximate surface area is 167 Å². The predicted molar refractivity (Wildman–Crippen MR) is 111 cm³/mol. The summed E-state index contributed by atoms with van der Waals surface area (Å²) in [6.45, 7) is 6.67. The van der Waals surface area contributed by atoms with Crippen molar-refractivity contribution in [2.45, 2.75) is 37.5 Å². The van der Waals surface area contributed by atoms with Crippen LogP contribution in [0, 0.1) is 0 Å². The Kier molecular flexibility index (Phi) is 6.85. The van der Waals surface area contributed by atoms with E-state index in [9.17, 15) is 13.2 Å². The zero-order chi connectivity index (χ0) is 20.9. The average molecular weight is 405 g/mol. The van der Waals surface area contributed by atoms with Crippen LogP contribution < -0.4 is 10.1 Å². The van der Waals surface area contributed by atoms with Gasteiger partial charge in [0, 0.05) is 19.8 Å². The molecule has 0 aromatic heterocycles. The maximum Gasteiger partial charge on any atom is 0.242 e. The van der Waals surface area contributed by atoms with Gasteiger partial charge in [-0.25, -0.2) is 12.7 Å². The molecule has 0 unspecified atom stereocenters.